The Kier molecular flexibility index (Phi) is 7.30. The monoisotopic (exact) mass is 438 g/mol. The molecule has 0 spiro atoms. The third-order valence-corrected chi connectivity index (χ3v) is 4.85. The minimum atomic E-state index is -1.43. The van der Waals surface area contributed by atoms with Gasteiger partial charge in [-0.15, -0.1) is 0 Å². The smallest absolute Gasteiger partial charge is 0.331 e. The molecule has 0 aliphatic carbocycles. The number of rotatable bonds is 10. The van der Waals surface area contributed by atoms with Gasteiger partial charge < -0.3 is 14.6 Å². The molecule has 1 atom stereocenters. The maximum atomic E-state index is 12.8. The molecule has 3 amide bonds. The zero-order valence-corrected chi connectivity index (χ0v) is 18.1. The summed E-state index contributed by atoms with van der Waals surface area (Å²) < 4.78 is 11.0. The van der Waals surface area contributed by atoms with Gasteiger partial charge in [0, 0.05) is 24.8 Å². The van der Waals surface area contributed by atoms with E-state index in [1.807, 2.05) is 13.0 Å². The van der Waals surface area contributed by atoms with Crippen LogP contribution in [0.1, 0.15) is 19.4 Å². The fourth-order valence-corrected chi connectivity index (χ4v) is 3.26. The normalized spacial score (nSPS) is 15.4. The zero-order chi connectivity index (χ0) is 23.1. The summed E-state index contributed by atoms with van der Waals surface area (Å²) in [6.45, 7) is 3.96. The summed E-state index contributed by atoms with van der Waals surface area (Å²) in [5.74, 6) is 0.670. The second-order valence-electron chi connectivity index (χ2n) is 7.44. The van der Waals surface area contributed by atoms with Crippen molar-refractivity contribution in [3.8, 4) is 17.6 Å². The minimum absolute atomic E-state index is 0.0567. The molecule has 3 rings (SSSR count). The van der Waals surface area contributed by atoms with Crippen molar-refractivity contribution in [2.24, 2.45) is 0 Å². The third-order valence-electron chi connectivity index (χ3n) is 4.85. The Morgan fingerprint density at radius 1 is 1.19 bits per heavy atom. The maximum absolute atomic E-state index is 12.8. The molecule has 1 aliphatic rings. The molecule has 1 aliphatic heterocycles. The Morgan fingerprint density at radius 2 is 1.97 bits per heavy atom. The summed E-state index contributed by atoms with van der Waals surface area (Å²) in [4.78, 5) is 27.7. The van der Waals surface area contributed by atoms with Gasteiger partial charge in [0.25, 0.3) is 5.91 Å². The molecular weight excluding hydrogens is 412 g/mol. The Balaban J connectivity index is 1.54. The molecular formula is C23H26N4O5. The Hall–Kier alpha value is -3.61. The molecule has 1 heterocycles. The van der Waals surface area contributed by atoms with E-state index in [1.54, 1.807) is 48.5 Å². The zero-order valence-electron chi connectivity index (χ0n) is 18.1. The molecule has 2 aromatic carbocycles. The second kappa shape index (κ2) is 10.1. The highest BCUT2D eigenvalue weighted by Crippen LogP contribution is 2.25. The molecule has 9 nitrogen and oxygen atoms in total. The van der Waals surface area contributed by atoms with Gasteiger partial charge in [-0.3, -0.25) is 19.9 Å². The number of aliphatic hydroxyl groups is 1. The fourth-order valence-electron chi connectivity index (χ4n) is 3.26. The SMILES string of the molecule is CCOc1cccc(N2CC(=O)N(CCNC(C)(O)COc3ccccc3C#N)C2=O)c1. The van der Waals surface area contributed by atoms with Crippen molar-refractivity contribution < 1.29 is 24.2 Å². The van der Waals surface area contributed by atoms with Crippen LogP contribution in [0.3, 0.4) is 0 Å². The summed E-state index contributed by atoms with van der Waals surface area (Å²) >= 11 is 0. The lowest BCUT2D eigenvalue weighted by Crippen LogP contribution is -2.50. The van der Waals surface area contributed by atoms with Crippen molar-refractivity contribution in [1.29, 1.82) is 5.26 Å². The van der Waals surface area contributed by atoms with E-state index in [-0.39, 0.29) is 32.1 Å². The van der Waals surface area contributed by atoms with E-state index in [1.165, 1.54) is 11.8 Å². The molecule has 0 bridgehead atoms. The van der Waals surface area contributed by atoms with E-state index in [0.717, 1.165) is 4.90 Å². The summed E-state index contributed by atoms with van der Waals surface area (Å²) in [6, 6.07) is 15.4. The van der Waals surface area contributed by atoms with Crippen LogP contribution in [0.2, 0.25) is 0 Å². The van der Waals surface area contributed by atoms with Crippen LogP contribution in [0.15, 0.2) is 48.5 Å². The number of urea groups is 1. The van der Waals surface area contributed by atoms with E-state index in [9.17, 15) is 14.7 Å². The summed E-state index contributed by atoms with van der Waals surface area (Å²) in [5, 5.41) is 22.5. The number of amides is 3. The topological polar surface area (TPSA) is 115 Å². The quantitative estimate of drug-likeness (QED) is 0.431. The van der Waals surface area contributed by atoms with Crippen LogP contribution in [0.25, 0.3) is 0 Å². The average Bonchev–Trinajstić information content (AvgIpc) is 3.06. The molecule has 32 heavy (non-hydrogen) atoms. The first kappa shape index (κ1) is 23.1. The third kappa shape index (κ3) is 5.55. The number of nitrogens with zero attached hydrogens (tertiary/aromatic N) is 3. The first-order valence-corrected chi connectivity index (χ1v) is 10.3. The fraction of sp³-hybridized carbons (Fsp3) is 0.348. The molecule has 168 valence electrons. The molecule has 1 saturated heterocycles. The number of imide groups is 1. The minimum Gasteiger partial charge on any atom is -0.494 e. The van der Waals surface area contributed by atoms with Crippen LogP contribution in [0.5, 0.6) is 11.5 Å². The highest BCUT2D eigenvalue weighted by Gasteiger charge is 2.37. The van der Waals surface area contributed by atoms with Crippen LogP contribution in [-0.4, -0.2) is 60.5 Å². The maximum Gasteiger partial charge on any atom is 0.331 e. The summed E-state index contributed by atoms with van der Waals surface area (Å²) in [6.07, 6.45) is 0. The number of carbonyl (C=O) groups excluding carboxylic acids is 2. The lowest BCUT2D eigenvalue weighted by atomic mass is 10.2. The van der Waals surface area contributed by atoms with Gasteiger partial charge in [0.1, 0.15) is 36.4 Å². The number of para-hydroxylation sites is 1. The Labute approximate surface area is 186 Å². The first-order chi connectivity index (χ1) is 15.3. The first-order valence-electron chi connectivity index (χ1n) is 10.3. The molecule has 1 unspecified atom stereocenters. The van der Waals surface area contributed by atoms with Crippen LogP contribution >= 0.6 is 0 Å². The van der Waals surface area contributed by atoms with Crippen LogP contribution in [0, 0.1) is 11.3 Å². The van der Waals surface area contributed by atoms with Crippen molar-refractivity contribution in [1.82, 2.24) is 10.2 Å². The van der Waals surface area contributed by atoms with Gasteiger partial charge in [-0.2, -0.15) is 5.26 Å². The van der Waals surface area contributed by atoms with Gasteiger partial charge >= 0.3 is 6.03 Å². The van der Waals surface area contributed by atoms with E-state index in [2.05, 4.69) is 5.32 Å². The van der Waals surface area contributed by atoms with Crippen molar-refractivity contribution in [2.75, 3.05) is 37.7 Å². The standard InChI is InChI=1S/C23H26N4O5/c1-3-31-19-9-6-8-18(13-19)27-15-21(28)26(22(27)29)12-11-25-23(2,30)16-32-20-10-5-4-7-17(20)14-24/h4-10,13,25,30H,3,11-12,15-16H2,1-2H3. The lowest BCUT2D eigenvalue weighted by molar-refractivity contribution is -0.125. The number of hydrogen-bond acceptors (Lipinski definition) is 7. The number of nitrogens with one attached hydrogen (secondary N) is 1. The molecule has 2 N–H and O–H groups in total. The Morgan fingerprint density at radius 3 is 2.72 bits per heavy atom. The molecule has 0 aromatic heterocycles. The van der Waals surface area contributed by atoms with Gasteiger partial charge in [-0.25, -0.2) is 4.79 Å². The highest BCUT2D eigenvalue weighted by atomic mass is 16.5. The van der Waals surface area contributed by atoms with E-state index in [0.29, 0.717) is 29.4 Å². The molecule has 0 saturated carbocycles. The van der Waals surface area contributed by atoms with Crippen LogP contribution in [0.4, 0.5) is 10.5 Å². The van der Waals surface area contributed by atoms with Crippen molar-refractivity contribution in [3.05, 3.63) is 54.1 Å². The number of benzene rings is 2. The van der Waals surface area contributed by atoms with E-state index >= 15 is 0 Å². The number of hydrogen-bond donors (Lipinski definition) is 2. The predicted molar refractivity (Wildman–Crippen MR) is 117 cm³/mol. The second-order valence-corrected chi connectivity index (χ2v) is 7.44. The number of ether oxygens (including phenoxy) is 2. The number of nitriles is 1. The predicted octanol–water partition coefficient (Wildman–Crippen LogP) is 2.10. The van der Waals surface area contributed by atoms with Crippen LogP contribution in [-0.2, 0) is 4.79 Å². The van der Waals surface area contributed by atoms with E-state index in [4.69, 9.17) is 14.7 Å². The van der Waals surface area contributed by atoms with Gasteiger partial charge in [0.05, 0.1) is 12.2 Å². The van der Waals surface area contributed by atoms with Gasteiger partial charge in [0.2, 0.25) is 0 Å². The van der Waals surface area contributed by atoms with Crippen molar-refractivity contribution >= 4 is 17.6 Å². The Bertz CT molecular complexity index is 1020. The van der Waals surface area contributed by atoms with Gasteiger partial charge in [-0.1, -0.05) is 18.2 Å². The highest BCUT2D eigenvalue weighted by molar-refractivity contribution is 6.12. The average molecular weight is 438 g/mol. The molecule has 0 radical (unpaired) electrons. The van der Waals surface area contributed by atoms with Gasteiger partial charge in [-0.05, 0) is 38.1 Å². The van der Waals surface area contributed by atoms with Gasteiger partial charge in [0.15, 0.2) is 0 Å². The largest absolute Gasteiger partial charge is 0.494 e. The number of anilines is 1. The summed E-state index contributed by atoms with van der Waals surface area (Å²) in [7, 11) is 0. The molecule has 1 fully saturated rings. The van der Waals surface area contributed by atoms with Crippen LogP contribution < -0.4 is 19.7 Å². The van der Waals surface area contributed by atoms with Crippen molar-refractivity contribution in [2.45, 2.75) is 19.6 Å². The lowest BCUT2D eigenvalue weighted by Gasteiger charge is -2.26. The van der Waals surface area contributed by atoms with Crippen molar-refractivity contribution in [3.63, 3.8) is 0 Å². The molecule has 9 heteroatoms. The van der Waals surface area contributed by atoms with E-state index < -0.39 is 11.8 Å². The summed E-state index contributed by atoms with van der Waals surface area (Å²) in [5.41, 5.74) is -0.480. The molecule has 2 aromatic rings. The number of carbonyl (C=O) groups is 2.